The number of hydrogen-bond donors (Lipinski definition) is 2. The molecule has 3 N–H and O–H groups in total. The van der Waals surface area contributed by atoms with Crippen LogP contribution in [0.2, 0.25) is 5.02 Å². The summed E-state index contributed by atoms with van der Waals surface area (Å²) in [5.41, 5.74) is 7.75. The van der Waals surface area contributed by atoms with E-state index in [0.29, 0.717) is 27.8 Å². The molecule has 23 heavy (non-hydrogen) atoms. The third kappa shape index (κ3) is 3.64. The number of carbonyl (C=O) groups is 1. The van der Waals surface area contributed by atoms with Gasteiger partial charge < -0.3 is 11.1 Å². The van der Waals surface area contributed by atoms with Crippen LogP contribution in [0.3, 0.4) is 0 Å². The smallest absolute Gasteiger partial charge is 0.248 e. The lowest BCUT2D eigenvalue weighted by molar-refractivity contribution is -0.117. The minimum Gasteiger partial charge on any atom is -0.398 e. The monoisotopic (exact) mass is 328 g/mol. The van der Waals surface area contributed by atoms with Gasteiger partial charge in [0.25, 0.3) is 0 Å². The first kappa shape index (κ1) is 15.0. The Kier molecular flexibility index (Phi) is 4.20. The van der Waals surface area contributed by atoms with Gasteiger partial charge >= 0.3 is 0 Å². The lowest BCUT2D eigenvalue weighted by Gasteiger charge is -2.04. The van der Waals surface area contributed by atoms with Gasteiger partial charge in [-0.25, -0.2) is 0 Å². The Hall–Kier alpha value is -2.93. The highest BCUT2D eigenvalue weighted by molar-refractivity contribution is 6.30. The average molecular weight is 329 g/mol. The lowest BCUT2D eigenvalue weighted by Crippen LogP contribution is -2.20. The van der Waals surface area contributed by atoms with E-state index in [9.17, 15) is 4.79 Å². The van der Waals surface area contributed by atoms with Crippen LogP contribution >= 0.6 is 11.6 Å². The molecular formula is C15H13ClN6O. The Labute approximate surface area is 137 Å². The average Bonchev–Trinajstić information content (AvgIpc) is 2.98. The summed E-state index contributed by atoms with van der Waals surface area (Å²) in [7, 11) is 0. The Morgan fingerprint density at radius 2 is 1.91 bits per heavy atom. The molecule has 1 heterocycles. The molecule has 0 aliphatic heterocycles. The first-order chi connectivity index (χ1) is 11.1. The Morgan fingerprint density at radius 1 is 1.17 bits per heavy atom. The largest absolute Gasteiger partial charge is 0.398 e. The molecule has 0 fully saturated rings. The van der Waals surface area contributed by atoms with Gasteiger partial charge in [0, 0.05) is 22.0 Å². The molecule has 3 rings (SSSR count). The van der Waals surface area contributed by atoms with Crippen molar-refractivity contribution in [2.24, 2.45) is 0 Å². The van der Waals surface area contributed by atoms with Gasteiger partial charge in [-0.3, -0.25) is 4.79 Å². The first-order valence-corrected chi connectivity index (χ1v) is 7.18. The molecule has 2 aromatic carbocycles. The maximum absolute atomic E-state index is 12.0. The molecule has 116 valence electrons. The van der Waals surface area contributed by atoms with E-state index in [-0.39, 0.29) is 12.5 Å². The zero-order chi connectivity index (χ0) is 16.2. The molecule has 7 nitrogen and oxygen atoms in total. The molecule has 0 bridgehead atoms. The molecule has 1 amide bonds. The highest BCUT2D eigenvalue weighted by Gasteiger charge is 2.11. The first-order valence-electron chi connectivity index (χ1n) is 6.80. The van der Waals surface area contributed by atoms with Gasteiger partial charge in [-0.2, -0.15) is 4.80 Å². The van der Waals surface area contributed by atoms with Crippen molar-refractivity contribution in [3.63, 3.8) is 0 Å². The summed E-state index contributed by atoms with van der Waals surface area (Å²) in [6.07, 6.45) is 0. The van der Waals surface area contributed by atoms with Crippen LogP contribution in [0.1, 0.15) is 0 Å². The number of nitrogens with two attached hydrogens (primary N) is 1. The Balaban J connectivity index is 1.68. The topological polar surface area (TPSA) is 98.7 Å². The van der Waals surface area contributed by atoms with E-state index in [1.807, 2.05) is 12.1 Å². The number of rotatable bonds is 4. The molecule has 0 saturated heterocycles. The van der Waals surface area contributed by atoms with Crippen LogP contribution in [0.4, 0.5) is 11.4 Å². The molecule has 0 unspecified atom stereocenters. The van der Waals surface area contributed by atoms with Gasteiger partial charge in [-0.15, -0.1) is 10.2 Å². The summed E-state index contributed by atoms with van der Waals surface area (Å²) in [6, 6.07) is 14.0. The molecule has 3 aromatic rings. The predicted molar refractivity (Wildman–Crippen MR) is 87.7 cm³/mol. The standard InChI is InChI=1S/C15H13ClN6O/c16-10-5-7-11(8-6-10)18-14(23)9-22-20-15(19-21-22)12-3-1-2-4-13(12)17/h1-8H,9,17H2,(H,18,23). The minimum absolute atomic E-state index is 0.0532. The van der Waals surface area contributed by atoms with E-state index in [2.05, 4.69) is 20.7 Å². The van der Waals surface area contributed by atoms with E-state index >= 15 is 0 Å². The second kappa shape index (κ2) is 6.45. The van der Waals surface area contributed by atoms with Crippen molar-refractivity contribution in [2.45, 2.75) is 6.54 Å². The molecule has 0 radical (unpaired) electrons. The summed E-state index contributed by atoms with van der Waals surface area (Å²) < 4.78 is 0. The maximum atomic E-state index is 12.0. The van der Waals surface area contributed by atoms with Crippen molar-refractivity contribution >= 4 is 28.9 Å². The number of carbonyl (C=O) groups excluding carboxylic acids is 1. The number of hydrogen-bond acceptors (Lipinski definition) is 5. The SMILES string of the molecule is Nc1ccccc1-c1nnn(CC(=O)Nc2ccc(Cl)cc2)n1. The maximum Gasteiger partial charge on any atom is 0.248 e. The zero-order valence-corrected chi connectivity index (χ0v) is 12.7. The Bertz CT molecular complexity index is 830. The van der Waals surface area contributed by atoms with Gasteiger partial charge in [0.15, 0.2) is 0 Å². The number of nitrogen functional groups attached to an aromatic ring is 1. The number of tetrazole rings is 1. The fourth-order valence-corrected chi connectivity index (χ4v) is 2.11. The lowest BCUT2D eigenvalue weighted by atomic mass is 10.2. The quantitative estimate of drug-likeness (QED) is 0.715. The number of para-hydroxylation sites is 1. The normalized spacial score (nSPS) is 10.5. The number of nitrogens with zero attached hydrogens (tertiary/aromatic N) is 4. The molecule has 0 spiro atoms. The summed E-state index contributed by atoms with van der Waals surface area (Å²) in [5.74, 6) is 0.111. The van der Waals surface area contributed by atoms with Gasteiger partial charge in [0.1, 0.15) is 6.54 Å². The summed E-state index contributed by atoms with van der Waals surface area (Å²) in [4.78, 5) is 13.2. The molecule has 0 aliphatic carbocycles. The third-order valence-corrected chi connectivity index (χ3v) is 3.32. The summed E-state index contributed by atoms with van der Waals surface area (Å²) in [5, 5.41) is 15.3. The molecule has 8 heteroatoms. The summed E-state index contributed by atoms with van der Waals surface area (Å²) >= 11 is 5.80. The number of anilines is 2. The fraction of sp³-hybridized carbons (Fsp3) is 0.0667. The number of halogens is 1. The van der Waals surface area contributed by atoms with Gasteiger partial charge in [0.05, 0.1) is 0 Å². The van der Waals surface area contributed by atoms with E-state index < -0.39 is 0 Å². The second-order valence-electron chi connectivity index (χ2n) is 4.79. The van der Waals surface area contributed by atoms with E-state index in [1.165, 1.54) is 4.80 Å². The van der Waals surface area contributed by atoms with Crippen molar-refractivity contribution in [3.8, 4) is 11.4 Å². The van der Waals surface area contributed by atoms with Gasteiger partial charge in [-0.05, 0) is 41.6 Å². The van der Waals surface area contributed by atoms with Gasteiger partial charge in [0.2, 0.25) is 11.7 Å². The van der Waals surface area contributed by atoms with Crippen LogP contribution in [0, 0.1) is 0 Å². The van der Waals surface area contributed by atoms with E-state index in [0.717, 1.165) is 0 Å². The molecule has 1 aromatic heterocycles. The van der Waals surface area contributed by atoms with Crippen LogP contribution in [0.25, 0.3) is 11.4 Å². The zero-order valence-electron chi connectivity index (χ0n) is 12.0. The number of aromatic nitrogens is 4. The predicted octanol–water partition coefficient (Wildman–Crippen LogP) is 2.21. The van der Waals surface area contributed by atoms with Crippen molar-refractivity contribution in [1.82, 2.24) is 20.2 Å². The minimum atomic E-state index is -0.266. The van der Waals surface area contributed by atoms with Crippen LogP contribution in [-0.4, -0.2) is 26.1 Å². The fourth-order valence-electron chi connectivity index (χ4n) is 1.98. The molecule has 0 aliphatic rings. The number of nitrogens with one attached hydrogen (secondary N) is 1. The molecular weight excluding hydrogens is 316 g/mol. The summed E-state index contributed by atoms with van der Waals surface area (Å²) in [6.45, 7) is -0.0532. The van der Waals surface area contributed by atoms with Crippen molar-refractivity contribution in [3.05, 3.63) is 53.6 Å². The van der Waals surface area contributed by atoms with E-state index in [1.54, 1.807) is 36.4 Å². The van der Waals surface area contributed by atoms with Crippen LogP contribution in [0.5, 0.6) is 0 Å². The van der Waals surface area contributed by atoms with Crippen LogP contribution < -0.4 is 11.1 Å². The third-order valence-electron chi connectivity index (χ3n) is 3.07. The number of benzene rings is 2. The van der Waals surface area contributed by atoms with Crippen molar-refractivity contribution in [1.29, 1.82) is 0 Å². The molecule has 0 atom stereocenters. The van der Waals surface area contributed by atoms with Crippen molar-refractivity contribution in [2.75, 3.05) is 11.1 Å². The van der Waals surface area contributed by atoms with Crippen LogP contribution in [-0.2, 0) is 11.3 Å². The van der Waals surface area contributed by atoms with Gasteiger partial charge in [-0.1, -0.05) is 23.7 Å². The highest BCUT2D eigenvalue weighted by atomic mass is 35.5. The van der Waals surface area contributed by atoms with E-state index in [4.69, 9.17) is 17.3 Å². The Morgan fingerprint density at radius 3 is 2.65 bits per heavy atom. The van der Waals surface area contributed by atoms with Crippen LogP contribution in [0.15, 0.2) is 48.5 Å². The second-order valence-corrected chi connectivity index (χ2v) is 5.22. The van der Waals surface area contributed by atoms with Crippen molar-refractivity contribution < 1.29 is 4.79 Å². The molecule has 0 saturated carbocycles. The highest BCUT2D eigenvalue weighted by Crippen LogP contribution is 2.20. The number of amides is 1.